The monoisotopic (exact) mass is 275 g/mol. The van der Waals surface area contributed by atoms with Crippen LogP contribution >= 0.6 is 0 Å². The van der Waals surface area contributed by atoms with Crippen LogP contribution in [0, 0.1) is 19.7 Å². The van der Waals surface area contributed by atoms with Crippen LogP contribution in [0.3, 0.4) is 0 Å². The van der Waals surface area contributed by atoms with Gasteiger partial charge in [-0.25, -0.2) is 9.07 Å². The van der Waals surface area contributed by atoms with Gasteiger partial charge in [0.25, 0.3) is 0 Å². The summed E-state index contributed by atoms with van der Waals surface area (Å²) in [6, 6.07) is 4.94. The molecule has 1 aromatic carbocycles. The lowest BCUT2D eigenvalue weighted by molar-refractivity contribution is 0.603. The van der Waals surface area contributed by atoms with Crippen LogP contribution in [-0.2, 0) is 6.42 Å². The van der Waals surface area contributed by atoms with Crippen molar-refractivity contribution in [3.8, 4) is 5.69 Å². The summed E-state index contributed by atoms with van der Waals surface area (Å²) in [6.07, 6.45) is 0.954. The molecule has 108 valence electrons. The molecule has 0 radical (unpaired) electrons. The number of hydrogen-bond donors (Lipinski definition) is 1. The van der Waals surface area contributed by atoms with E-state index in [0.29, 0.717) is 0 Å². The van der Waals surface area contributed by atoms with Gasteiger partial charge in [-0.05, 0) is 63.6 Å². The highest BCUT2D eigenvalue weighted by atomic mass is 19.1. The Morgan fingerprint density at radius 2 is 2.05 bits per heavy atom. The molecule has 0 saturated carbocycles. The SMILES string of the molecule is CCc1c(C)nn(-c2ccc(F)cc2C(C)NC)c1C. The van der Waals surface area contributed by atoms with Crippen molar-refractivity contribution in [1.29, 1.82) is 0 Å². The molecule has 0 saturated heterocycles. The predicted molar refractivity (Wildman–Crippen MR) is 79.8 cm³/mol. The standard InChI is InChI=1S/C16H22FN3/c1-6-14-11(3)19-20(12(14)4)16-8-7-13(17)9-15(16)10(2)18-5/h7-10,18H,6H2,1-5H3. The van der Waals surface area contributed by atoms with E-state index in [9.17, 15) is 4.39 Å². The van der Waals surface area contributed by atoms with Crippen molar-refractivity contribution in [2.75, 3.05) is 7.05 Å². The van der Waals surface area contributed by atoms with Crippen LogP contribution in [-0.4, -0.2) is 16.8 Å². The lowest BCUT2D eigenvalue weighted by atomic mass is 10.1. The lowest BCUT2D eigenvalue weighted by Gasteiger charge is -2.17. The Morgan fingerprint density at radius 1 is 1.35 bits per heavy atom. The normalized spacial score (nSPS) is 12.7. The third-order valence-corrected chi connectivity index (χ3v) is 3.91. The topological polar surface area (TPSA) is 29.9 Å². The number of nitrogens with zero attached hydrogens (tertiary/aromatic N) is 2. The van der Waals surface area contributed by atoms with Crippen LogP contribution in [0.1, 0.15) is 42.4 Å². The van der Waals surface area contributed by atoms with Crippen molar-refractivity contribution in [2.24, 2.45) is 0 Å². The Kier molecular flexibility index (Phi) is 4.23. The molecule has 0 spiro atoms. The van der Waals surface area contributed by atoms with Crippen molar-refractivity contribution >= 4 is 0 Å². The molecule has 1 atom stereocenters. The summed E-state index contributed by atoms with van der Waals surface area (Å²) in [6.45, 7) is 8.23. The molecule has 2 rings (SSSR count). The van der Waals surface area contributed by atoms with Gasteiger partial charge in [0.1, 0.15) is 5.82 Å². The highest BCUT2D eigenvalue weighted by molar-refractivity contribution is 5.45. The minimum atomic E-state index is -0.219. The Bertz CT molecular complexity index is 616. The molecule has 1 heterocycles. The molecule has 1 unspecified atom stereocenters. The van der Waals surface area contributed by atoms with E-state index in [-0.39, 0.29) is 11.9 Å². The third-order valence-electron chi connectivity index (χ3n) is 3.91. The van der Waals surface area contributed by atoms with Gasteiger partial charge in [0.05, 0.1) is 11.4 Å². The summed E-state index contributed by atoms with van der Waals surface area (Å²) in [5.41, 5.74) is 5.28. The number of rotatable bonds is 4. The highest BCUT2D eigenvalue weighted by Crippen LogP contribution is 2.25. The first-order valence-electron chi connectivity index (χ1n) is 7.01. The smallest absolute Gasteiger partial charge is 0.123 e. The lowest BCUT2D eigenvalue weighted by Crippen LogP contribution is -2.16. The molecule has 4 heteroatoms. The molecule has 1 N–H and O–H groups in total. The Hall–Kier alpha value is -1.68. The van der Waals surface area contributed by atoms with Gasteiger partial charge in [0, 0.05) is 11.7 Å². The van der Waals surface area contributed by atoms with Crippen molar-refractivity contribution in [3.63, 3.8) is 0 Å². The summed E-state index contributed by atoms with van der Waals surface area (Å²) in [5, 5.41) is 7.79. The van der Waals surface area contributed by atoms with Crippen LogP contribution in [0.25, 0.3) is 5.69 Å². The second-order valence-electron chi connectivity index (χ2n) is 5.13. The van der Waals surface area contributed by atoms with Gasteiger partial charge in [-0.3, -0.25) is 0 Å². The Balaban J connectivity index is 2.63. The quantitative estimate of drug-likeness (QED) is 0.926. The molecule has 0 bridgehead atoms. The number of benzene rings is 1. The first-order chi connectivity index (χ1) is 9.49. The Morgan fingerprint density at radius 3 is 2.60 bits per heavy atom. The number of aryl methyl sites for hydroxylation is 1. The fraction of sp³-hybridized carbons (Fsp3) is 0.438. The van der Waals surface area contributed by atoms with Gasteiger partial charge >= 0.3 is 0 Å². The van der Waals surface area contributed by atoms with Gasteiger partial charge in [-0.15, -0.1) is 0 Å². The van der Waals surface area contributed by atoms with Gasteiger partial charge in [-0.1, -0.05) is 6.92 Å². The molecule has 0 aliphatic carbocycles. The molecule has 0 fully saturated rings. The maximum absolute atomic E-state index is 13.6. The zero-order valence-electron chi connectivity index (χ0n) is 12.8. The molecule has 0 amide bonds. The molecule has 1 aromatic heterocycles. The molecule has 0 aliphatic rings. The van der Waals surface area contributed by atoms with Gasteiger partial charge in [0.15, 0.2) is 0 Å². The highest BCUT2D eigenvalue weighted by Gasteiger charge is 2.16. The average molecular weight is 275 g/mol. The van der Waals surface area contributed by atoms with Gasteiger partial charge in [0.2, 0.25) is 0 Å². The zero-order valence-corrected chi connectivity index (χ0v) is 12.8. The molecule has 0 aliphatic heterocycles. The van der Waals surface area contributed by atoms with Crippen molar-refractivity contribution < 1.29 is 4.39 Å². The van der Waals surface area contributed by atoms with Crippen LogP contribution in [0.15, 0.2) is 18.2 Å². The zero-order chi connectivity index (χ0) is 14.9. The first-order valence-corrected chi connectivity index (χ1v) is 7.01. The van der Waals surface area contributed by atoms with E-state index in [4.69, 9.17) is 0 Å². The van der Waals surface area contributed by atoms with E-state index >= 15 is 0 Å². The Labute approximate surface area is 119 Å². The summed E-state index contributed by atoms with van der Waals surface area (Å²) in [7, 11) is 1.87. The van der Waals surface area contributed by atoms with Crippen molar-refractivity contribution in [2.45, 2.75) is 40.2 Å². The minimum Gasteiger partial charge on any atom is -0.313 e. The number of aromatic nitrogens is 2. The maximum atomic E-state index is 13.6. The summed E-state index contributed by atoms with van der Waals surface area (Å²) >= 11 is 0. The summed E-state index contributed by atoms with van der Waals surface area (Å²) < 4.78 is 15.5. The van der Waals surface area contributed by atoms with E-state index in [1.54, 1.807) is 12.1 Å². The van der Waals surface area contributed by atoms with E-state index in [2.05, 4.69) is 24.3 Å². The fourth-order valence-corrected chi connectivity index (χ4v) is 2.64. The van der Waals surface area contributed by atoms with Crippen LogP contribution < -0.4 is 5.32 Å². The average Bonchev–Trinajstić information content (AvgIpc) is 2.72. The molecular formula is C16H22FN3. The largest absolute Gasteiger partial charge is 0.313 e. The molecule has 3 nitrogen and oxygen atoms in total. The van der Waals surface area contributed by atoms with Crippen molar-refractivity contribution in [3.05, 3.63) is 46.5 Å². The summed E-state index contributed by atoms with van der Waals surface area (Å²) in [4.78, 5) is 0. The molecular weight excluding hydrogens is 253 g/mol. The van der Waals surface area contributed by atoms with E-state index in [1.807, 2.05) is 25.6 Å². The van der Waals surface area contributed by atoms with E-state index in [0.717, 1.165) is 29.1 Å². The maximum Gasteiger partial charge on any atom is 0.123 e. The molecule has 2 aromatic rings. The third kappa shape index (κ3) is 2.48. The van der Waals surface area contributed by atoms with Gasteiger partial charge < -0.3 is 5.32 Å². The second-order valence-corrected chi connectivity index (χ2v) is 5.13. The van der Waals surface area contributed by atoms with E-state index in [1.165, 1.54) is 11.6 Å². The first kappa shape index (κ1) is 14.7. The second kappa shape index (κ2) is 5.75. The molecule has 20 heavy (non-hydrogen) atoms. The van der Waals surface area contributed by atoms with Crippen LogP contribution in [0.2, 0.25) is 0 Å². The van der Waals surface area contributed by atoms with Crippen LogP contribution in [0.5, 0.6) is 0 Å². The summed E-state index contributed by atoms with van der Waals surface area (Å²) in [5.74, 6) is -0.219. The van der Waals surface area contributed by atoms with E-state index < -0.39 is 0 Å². The predicted octanol–water partition coefficient (Wildman–Crippen LogP) is 3.47. The number of hydrogen-bond acceptors (Lipinski definition) is 2. The number of nitrogens with one attached hydrogen (secondary N) is 1. The minimum absolute atomic E-state index is 0.0645. The fourth-order valence-electron chi connectivity index (χ4n) is 2.64. The van der Waals surface area contributed by atoms with Gasteiger partial charge in [-0.2, -0.15) is 5.10 Å². The van der Waals surface area contributed by atoms with Crippen molar-refractivity contribution in [1.82, 2.24) is 15.1 Å². The van der Waals surface area contributed by atoms with Crippen LogP contribution in [0.4, 0.5) is 4.39 Å². The number of halogens is 1.